The van der Waals surface area contributed by atoms with Gasteiger partial charge in [0.1, 0.15) is 12.1 Å². The van der Waals surface area contributed by atoms with Gasteiger partial charge in [0.05, 0.1) is 19.1 Å². The Morgan fingerprint density at radius 1 is 1.46 bits per heavy atom. The van der Waals surface area contributed by atoms with Crippen molar-refractivity contribution in [2.45, 2.75) is 38.8 Å². The number of hydrogen-bond donors (Lipinski definition) is 2. The first-order valence-electron chi connectivity index (χ1n) is 9.38. The molecule has 1 aromatic heterocycles. The molecular formula is C20H25ClN4O3. The van der Waals surface area contributed by atoms with Crippen LogP contribution in [0.2, 0.25) is 5.02 Å². The molecule has 2 aromatic rings. The number of H-pyrrole nitrogens is 1. The highest BCUT2D eigenvalue weighted by atomic mass is 35.5. The van der Waals surface area contributed by atoms with E-state index >= 15 is 0 Å². The van der Waals surface area contributed by atoms with Gasteiger partial charge < -0.3 is 19.9 Å². The van der Waals surface area contributed by atoms with E-state index in [1.807, 2.05) is 32.0 Å². The molecule has 0 saturated heterocycles. The topological polar surface area (TPSA) is 87.3 Å². The van der Waals surface area contributed by atoms with Crippen LogP contribution >= 0.6 is 11.6 Å². The number of methoxy groups -OCH3 is 1. The number of nitrogens with one attached hydrogen (secondary N) is 2. The number of esters is 1. The third kappa shape index (κ3) is 3.99. The number of imidazole rings is 1. The Balaban J connectivity index is 1.92. The number of carbonyl (C=O) groups excluding carboxylic acids is 2. The van der Waals surface area contributed by atoms with E-state index in [1.165, 1.54) is 7.11 Å². The highest BCUT2D eigenvalue weighted by Gasteiger charge is 2.36. The normalized spacial score (nSPS) is 18.1. The summed E-state index contributed by atoms with van der Waals surface area (Å²) in [6.07, 6.45) is 3.04. The molecule has 0 saturated carbocycles. The van der Waals surface area contributed by atoms with Crippen LogP contribution in [0, 0.1) is 5.92 Å². The van der Waals surface area contributed by atoms with Gasteiger partial charge in [-0.3, -0.25) is 0 Å². The van der Waals surface area contributed by atoms with Gasteiger partial charge >= 0.3 is 12.0 Å². The fraction of sp³-hybridized carbons (Fsp3) is 0.450. The number of urea groups is 1. The lowest BCUT2D eigenvalue weighted by Gasteiger charge is -2.36. The van der Waals surface area contributed by atoms with Crippen molar-refractivity contribution in [3.8, 4) is 0 Å². The predicted molar refractivity (Wildman–Crippen MR) is 106 cm³/mol. The van der Waals surface area contributed by atoms with E-state index in [1.54, 1.807) is 17.3 Å². The molecule has 0 spiro atoms. The maximum atomic E-state index is 13.2. The molecule has 0 bridgehead atoms. The summed E-state index contributed by atoms with van der Waals surface area (Å²) >= 11 is 6.19. The Bertz CT molecular complexity index is 853. The quantitative estimate of drug-likeness (QED) is 0.748. The molecule has 3 rings (SSSR count). The summed E-state index contributed by atoms with van der Waals surface area (Å²) in [4.78, 5) is 34.7. The molecule has 2 amide bonds. The van der Waals surface area contributed by atoms with Crippen LogP contribution in [-0.2, 0) is 16.0 Å². The molecule has 2 heterocycles. The highest BCUT2D eigenvalue weighted by molar-refractivity contribution is 6.30. The molecule has 1 aliphatic rings. The summed E-state index contributed by atoms with van der Waals surface area (Å²) in [5.41, 5.74) is 2.66. The van der Waals surface area contributed by atoms with Gasteiger partial charge in [0, 0.05) is 23.7 Å². The number of fused-ring (bicyclic) bond motifs is 1. The molecule has 2 N–H and O–H groups in total. The zero-order valence-corrected chi connectivity index (χ0v) is 17.0. The van der Waals surface area contributed by atoms with Crippen LogP contribution in [0.15, 0.2) is 30.6 Å². The maximum absolute atomic E-state index is 13.2. The minimum Gasteiger partial charge on any atom is -0.467 e. The molecule has 3 atom stereocenters. The summed E-state index contributed by atoms with van der Waals surface area (Å²) in [6.45, 7) is 4.38. The lowest BCUT2D eigenvalue weighted by molar-refractivity contribution is -0.144. The Morgan fingerprint density at radius 2 is 2.25 bits per heavy atom. The average Bonchev–Trinajstić information content (AvgIpc) is 3.18. The zero-order chi connectivity index (χ0) is 20.3. The number of halogens is 1. The molecule has 1 aliphatic heterocycles. The van der Waals surface area contributed by atoms with Gasteiger partial charge in [-0.1, -0.05) is 44.0 Å². The summed E-state index contributed by atoms with van der Waals surface area (Å²) in [6, 6.07) is 5.99. The van der Waals surface area contributed by atoms with Crippen molar-refractivity contribution in [1.29, 1.82) is 0 Å². The van der Waals surface area contributed by atoms with Gasteiger partial charge in [-0.25, -0.2) is 14.6 Å². The summed E-state index contributed by atoms with van der Waals surface area (Å²) in [5.74, 6) is -0.494. The van der Waals surface area contributed by atoms with Crippen LogP contribution < -0.4 is 5.32 Å². The van der Waals surface area contributed by atoms with Crippen molar-refractivity contribution in [2.24, 2.45) is 5.92 Å². The zero-order valence-electron chi connectivity index (χ0n) is 16.2. The molecule has 7 nitrogen and oxygen atoms in total. The number of aromatic nitrogens is 2. The standard InChI is InChI=1S/C20H25ClN4O3/c1-4-12(2)16(19(26)28-3)24-20(27)25-9-8-15-17(23-11-22-15)18(25)13-6-5-7-14(21)10-13/h5-7,10-12,16,18H,4,8-9H2,1-3H3,(H,22,23)(H,24,27)/t12-,16+,18?/m0/s1. The molecule has 1 aromatic carbocycles. The van der Waals surface area contributed by atoms with E-state index < -0.39 is 12.0 Å². The van der Waals surface area contributed by atoms with Gasteiger partial charge in [0.15, 0.2) is 0 Å². The Morgan fingerprint density at radius 3 is 2.93 bits per heavy atom. The molecule has 0 radical (unpaired) electrons. The first-order chi connectivity index (χ1) is 13.5. The van der Waals surface area contributed by atoms with E-state index in [-0.39, 0.29) is 18.0 Å². The number of benzene rings is 1. The monoisotopic (exact) mass is 404 g/mol. The van der Waals surface area contributed by atoms with Gasteiger partial charge in [-0.15, -0.1) is 0 Å². The van der Waals surface area contributed by atoms with Crippen molar-refractivity contribution in [1.82, 2.24) is 20.2 Å². The maximum Gasteiger partial charge on any atom is 0.328 e. The van der Waals surface area contributed by atoms with E-state index in [0.717, 1.165) is 23.4 Å². The minimum absolute atomic E-state index is 0.0493. The number of aromatic amines is 1. The minimum atomic E-state index is -0.705. The summed E-state index contributed by atoms with van der Waals surface area (Å²) in [5, 5.41) is 3.46. The first kappa shape index (κ1) is 20.2. The average molecular weight is 405 g/mol. The number of ether oxygens (including phenoxy) is 1. The Hall–Kier alpha value is -2.54. The van der Waals surface area contributed by atoms with Crippen molar-refractivity contribution < 1.29 is 14.3 Å². The molecule has 28 heavy (non-hydrogen) atoms. The molecule has 1 unspecified atom stereocenters. The number of rotatable bonds is 5. The number of hydrogen-bond acceptors (Lipinski definition) is 4. The lowest BCUT2D eigenvalue weighted by Crippen LogP contribution is -2.53. The number of carbonyl (C=O) groups is 2. The first-order valence-corrected chi connectivity index (χ1v) is 9.76. The Labute approximate surface area is 169 Å². The van der Waals surface area contributed by atoms with Gasteiger partial charge in [-0.2, -0.15) is 0 Å². The molecular weight excluding hydrogens is 380 g/mol. The third-order valence-electron chi connectivity index (χ3n) is 5.30. The van der Waals surface area contributed by atoms with Crippen LogP contribution in [0.3, 0.4) is 0 Å². The third-order valence-corrected chi connectivity index (χ3v) is 5.53. The van der Waals surface area contributed by atoms with Crippen molar-refractivity contribution in [3.05, 3.63) is 52.6 Å². The summed E-state index contributed by atoms with van der Waals surface area (Å²) < 4.78 is 4.89. The van der Waals surface area contributed by atoms with Crippen LogP contribution in [0.1, 0.15) is 43.3 Å². The predicted octanol–water partition coefficient (Wildman–Crippen LogP) is 3.31. The van der Waals surface area contributed by atoms with E-state index in [0.29, 0.717) is 18.0 Å². The van der Waals surface area contributed by atoms with E-state index in [9.17, 15) is 9.59 Å². The highest BCUT2D eigenvalue weighted by Crippen LogP contribution is 2.34. The van der Waals surface area contributed by atoms with E-state index in [2.05, 4.69) is 15.3 Å². The second-order valence-electron chi connectivity index (χ2n) is 7.00. The molecule has 150 valence electrons. The number of nitrogens with zero attached hydrogens (tertiary/aromatic N) is 2. The van der Waals surface area contributed by atoms with Gasteiger partial charge in [0.2, 0.25) is 0 Å². The van der Waals surface area contributed by atoms with Crippen LogP contribution in [0.4, 0.5) is 4.79 Å². The van der Waals surface area contributed by atoms with Crippen LogP contribution in [-0.4, -0.2) is 46.6 Å². The second-order valence-corrected chi connectivity index (χ2v) is 7.44. The number of amides is 2. The fourth-order valence-electron chi connectivity index (χ4n) is 3.52. The van der Waals surface area contributed by atoms with Gasteiger partial charge in [0.25, 0.3) is 0 Å². The summed E-state index contributed by atoms with van der Waals surface area (Å²) in [7, 11) is 1.33. The smallest absolute Gasteiger partial charge is 0.328 e. The molecule has 8 heteroatoms. The van der Waals surface area contributed by atoms with Crippen molar-refractivity contribution in [2.75, 3.05) is 13.7 Å². The Kier molecular flexibility index (Phi) is 6.24. The van der Waals surface area contributed by atoms with Crippen molar-refractivity contribution >= 4 is 23.6 Å². The largest absolute Gasteiger partial charge is 0.467 e. The van der Waals surface area contributed by atoms with Gasteiger partial charge in [-0.05, 0) is 23.6 Å². The van der Waals surface area contributed by atoms with E-state index in [4.69, 9.17) is 16.3 Å². The fourth-order valence-corrected chi connectivity index (χ4v) is 3.72. The lowest BCUT2D eigenvalue weighted by atomic mass is 9.95. The SMILES string of the molecule is CC[C@H](C)[C@@H](NC(=O)N1CCc2[nH]cnc2C1c1cccc(Cl)c1)C(=O)OC. The van der Waals surface area contributed by atoms with Crippen LogP contribution in [0.25, 0.3) is 0 Å². The van der Waals surface area contributed by atoms with Crippen LogP contribution in [0.5, 0.6) is 0 Å². The van der Waals surface area contributed by atoms with Crippen molar-refractivity contribution in [3.63, 3.8) is 0 Å². The second kappa shape index (κ2) is 8.65. The molecule has 0 fully saturated rings. The molecule has 0 aliphatic carbocycles.